The lowest BCUT2D eigenvalue weighted by Crippen LogP contribution is -2.17. The predicted octanol–water partition coefficient (Wildman–Crippen LogP) is 3.54. The van der Waals surface area contributed by atoms with Gasteiger partial charge in [0.15, 0.2) is 0 Å². The van der Waals surface area contributed by atoms with Crippen molar-refractivity contribution < 1.29 is 8.78 Å². The summed E-state index contributed by atoms with van der Waals surface area (Å²) in [5, 5.41) is 0. The Morgan fingerprint density at radius 1 is 1.19 bits per heavy atom. The number of hydrogen-bond donors (Lipinski definition) is 1. The molecule has 0 saturated heterocycles. The van der Waals surface area contributed by atoms with E-state index < -0.39 is 17.7 Å². The molecule has 1 aromatic carbocycles. The van der Waals surface area contributed by atoms with Gasteiger partial charge in [-0.05, 0) is 24.5 Å². The summed E-state index contributed by atoms with van der Waals surface area (Å²) in [7, 11) is 0. The first-order chi connectivity index (χ1) is 7.68. The van der Waals surface area contributed by atoms with E-state index in [1.165, 1.54) is 31.0 Å². The molecule has 3 heteroatoms. The van der Waals surface area contributed by atoms with Crippen LogP contribution < -0.4 is 5.73 Å². The van der Waals surface area contributed by atoms with E-state index in [4.69, 9.17) is 5.73 Å². The minimum absolute atomic E-state index is 0.0504. The molecule has 0 bridgehead atoms. The Morgan fingerprint density at radius 3 is 2.31 bits per heavy atom. The van der Waals surface area contributed by atoms with Crippen molar-refractivity contribution in [2.45, 2.75) is 38.1 Å². The first kappa shape index (κ1) is 11.5. The largest absolute Gasteiger partial charge is 0.324 e. The molecule has 1 aliphatic rings. The summed E-state index contributed by atoms with van der Waals surface area (Å²) in [4.78, 5) is 0. The first-order valence-corrected chi connectivity index (χ1v) is 5.88. The molecule has 1 atom stereocenters. The molecule has 1 unspecified atom stereocenters. The van der Waals surface area contributed by atoms with Gasteiger partial charge in [-0.3, -0.25) is 0 Å². The predicted molar refractivity (Wildman–Crippen MR) is 59.9 cm³/mol. The average molecular weight is 225 g/mol. The first-order valence-electron chi connectivity index (χ1n) is 5.88. The Kier molecular flexibility index (Phi) is 3.54. The van der Waals surface area contributed by atoms with Crippen molar-refractivity contribution in [3.63, 3.8) is 0 Å². The Hall–Kier alpha value is -0.960. The van der Waals surface area contributed by atoms with Gasteiger partial charge < -0.3 is 5.73 Å². The molecule has 0 spiro atoms. The summed E-state index contributed by atoms with van der Waals surface area (Å²) in [6.07, 6.45) is 5.42. The van der Waals surface area contributed by atoms with E-state index in [0.717, 1.165) is 12.8 Å². The molecule has 0 heterocycles. The highest BCUT2D eigenvalue weighted by atomic mass is 19.1. The van der Waals surface area contributed by atoms with Gasteiger partial charge in [0.05, 0.1) is 0 Å². The lowest BCUT2D eigenvalue weighted by Gasteiger charge is -2.17. The third kappa shape index (κ3) is 2.40. The topological polar surface area (TPSA) is 26.0 Å². The molecule has 1 nitrogen and oxygen atoms in total. The van der Waals surface area contributed by atoms with Crippen LogP contribution in [0.2, 0.25) is 0 Å². The summed E-state index contributed by atoms with van der Waals surface area (Å²) < 4.78 is 26.9. The van der Waals surface area contributed by atoms with Gasteiger partial charge in [-0.25, -0.2) is 8.78 Å². The molecule has 1 aromatic rings. The molecule has 0 aromatic heterocycles. The summed E-state index contributed by atoms with van der Waals surface area (Å²) in [6.45, 7) is 0. The fraction of sp³-hybridized carbons (Fsp3) is 0.538. The van der Waals surface area contributed by atoms with Gasteiger partial charge in [-0.2, -0.15) is 0 Å². The molecular weight excluding hydrogens is 208 g/mol. The lowest BCUT2D eigenvalue weighted by molar-refractivity contribution is 0.426. The number of benzene rings is 1. The van der Waals surface area contributed by atoms with Crippen LogP contribution in [0.25, 0.3) is 0 Å². The van der Waals surface area contributed by atoms with Crippen LogP contribution in [0.1, 0.15) is 43.7 Å². The molecule has 2 N–H and O–H groups in total. The monoisotopic (exact) mass is 225 g/mol. The number of rotatable bonds is 3. The van der Waals surface area contributed by atoms with Gasteiger partial charge in [-0.1, -0.05) is 31.7 Å². The van der Waals surface area contributed by atoms with Crippen molar-refractivity contribution in [3.05, 3.63) is 35.4 Å². The SMILES string of the molecule is NC(CC1CCCC1)c1c(F)cccc1F. The van der Waals surface area contributed by atoms with E-state index >= 15 is 0 Å². The van der Waals surface area contributed by atoms with Crippen LogP contribution in [0.4, 0.5) is 8.78 Å². The lowest BCUT2D eigenvalue weighted by atomic mass is 9.93. The van der Waals surface area contributed by atoms with Crippen LogP contribution in [0.15, 0.2) is 18.2 Å². The highest BCUT2D eigenvalue weighted by Gasteiger charge is 2.22. The van der Waals surface area contributed by atoms with Crippen LogP contribution in [-0.4, -0.2) is 0 Å². The molecule has 2 rings (SSSR count). The van der Waals surface area contributed by atoms with E-state index in [0.29, 0.717) is 12.3 Å². The van der Waals surface area contributed by atoms with Crippen molar-refractivity contribution in [2.24, 2.45) is 11.7 Å². The summed E-state index contributed by atoms with van der Waals surface area (Å²) in [5.74, 6) is -0.509. The average Bonchev–Trinajstić information content (AvgIpc) is 2.70. The van der Waals surface area contributed by atoms with Crippen LogP contribution >= 0.6 is 0 Å². The van der Waals surface area contributed by atoms with Crippen molar-refractivity contribution >= 4 is 0 Å². The third-order valence-electron chi connectivity index (χ3n) is 3.43. The van der Waals surface area contributed by atoms with Crippen LogP contribution in [0.5, 0.6) is 0 Å². The zero-order valence-corrected chi connectivity index (χ0v) is 9.26. The van der Waals surface area contributed by atoms with Crippen molar-refractivity contribution in [1.82, 2.24) is 0 Å². The maximum Gasteiger partial charge on any atom is 0.130 e. The van der Waals surface area contributed by atoms with E-state index in [2.05, 4.69) is 0 Å². The molecule has 16 heavy (non-hydrogen) atoms. The van der Waals surface area contributed by atoms with Crippen molar-refractivity contribution in [3.8, 4) is 0 Å². The van der Waals surface area contributed by atoms with E-state index in [1.807, 2.05) is 0 Å². The normalized spacial score (nSPS) is 18.9. The summed E-state index contributed by atoms with van der Waals surface area (Å²) in [6, 6.07) is 3.40. The summed E-state index contributed by atoms with van der Waals surface area (Å²) in [5.41, 5.74) is 5.95. The van der Waals surface area contributed by atoms with Crippen molar-refractivity contribution in [2.75, 3.05) is 0 Å². The standard InChI is InChI=1S/C13H17F2N/c14-10-6-3-7-11(15)13(10)12(16)8-9-4-1-2-5-9/h3,6-7,9,12H,1-2,4-5,8,16H2. The Bertz CT molecular complexity index is 339. The van der Waals surface area contributed by atoms with Crippen molar-refractivity contribution in [1.29, 1.82) is 0 Å². The third-order valence-corrected chi connectivity index (χ3v) is 3.43. The van der Waals surface area contributed by atoms with Gasteiger partial charge in [0.2, 0.25) is 0 Å². The Labute approximate surface area is 94.7 Å². The Morgan fingerprint density at radius 2 is 1.75 bits per heavy atom. The molecule has 1 saturated carbocycles. The van der Waals surface area contributed by atoms with Gasteiger partial charge in [-0.15, -0.1) is 0 Å². The van der Waals surface area contributed by atoms with E-state index in [-0.39, 0.29) is 5.56 Å². The highest BCUT2D eigenvalue weighted by Crippen LogP contribution is 2.33. The fourth-order valence-electron chi connectivity index (χ4n) is 2.59. The Balaban J connectivity index is 2.10. The number of nitrogens with two attached hydrogens (primary N) is 1. The molecule has 0 aliphatic heterocycles. The van der Waals surface area contributed by atoms with Crippen LogP contribution in [0, 0.1) is 17.6 Å². The van der Waals surface area contributed by atoms with Gasteiger partial charge in [0.1, 0.15) is 11.6 Å². The van der Waals surface area contributed by atoms with Gasteiger partial charge >= 0.3 is 0 Å². The smallest absolute Gasteiger partial charge is 0.130 e. The minimum atomic E-state index is -0.523. The second-order valence-corrected chi connectivity index (χ2v) is 4.63. The van der Waals surface area contributed by atoms with E-state index in [1.54, 1.807) is 0 Å². The molecule has 1 aliphatic carbocycles. The molecular formula is C13H17F2N. The molecule has 88 valence electrons. The zero-order chi connectivity index (χ0) is 11.5. The van der Waals surface area contributed by atoms with Crippen LogP contribution in [0.3, 0.4) is 0 Å². The molecule has 0 radical (unpaired) electrons. The second-order valence-electron chi connectivity index (χ2n) is 4.63. The zero-order valence-electron chi connectivity index (χ0n) is 9.26. The molecule has 0 amide bonds. The van der Waals surface area contributed by atoms with Crippen LogP contribution in [-0.2, 0) is 0 Å². The highest BCUT2D eigenvalue weighted by molar-refractivity contribution is 5.23. The minimum Gasteiger partial charge on any atom is -0.324 e. The molecule has 1 fully saturated rings. The van der Waals surface area contributed by atoms with Gasteiger partial charge in [0, 0.05) is 11.6 Å². The number of hydrogen-bond acceptors (Lipinski definition) is 1. The second kappa shape index (κ2) is 4.91. The quantitative estimate of drug-likeness (QED) is 0.836. The summed E-state index contributed by atoms with van der Waals surface area (Å²) >= 11 is 0. The maximum atomic E-state index is 13.5. The number of halogens is 2. The maximum absolute atomic E-state index is 13.5. The fourth-order valence-corrected chi connectivity index (χ4v) is 2.59. The van der Waals surface area contributed by atoms with Gasteiger partial charge in [0.25, 0.3) is 0 Å². The van der Waals surface area contributed by atoms with E-state index in [9.17, 15) is 8.78 Å².